The quantitative estimate of drug-likeness (QED) is 0.725. The van der Waals surface area contributed by atoms with Crippen molar-refractivity contribution in [3.8, 4) is 0 Å². The maximum Gasteiger partial charge on any atom is 0.272 e. The van der Waals surface area contributed by atoms with Crippen LogP contribution in [0.1, 0.15) is 55.3 Å². The van der Waals surface area contributed by atoms with Crippen LogP contribution in [0, 0.1) is 13.8 Å². The monoisotopic (exact) mass is 379 g/mol. The highest BCUT2D eigenvalue weighted by molar-refractivity contribution is 5.54. The molecule has 0 aliphatic heterocycles. The second-order valence-electron chi connectivity index (χ2n) is 7.62. The SMILES string of the molecule is CCC(C)(C)c1ocnc1/C=c1\[nH]c(=O)/c(=C/c2cccc(C)c2C)[nH]c1=O. The molecule has 3 aromatic rings. The number of nitrogens with zero attached hydrogens (tertiary/aromatic N) is 1. The average molecular weight is 379 g/mol. The molecule has 0 atom stereocenters. The molecule has 2 N–H and O–H groups in total. The fourth-order valence-electron chi connectivity index (χ4n) is 2.94. The van der Waals surface area contributed by atoms with Gasteiger partial charge >= 0.3 is 0 Å². The van der Waals surface area contributed by atoms with E-state index in [2.05, 4.69) is 21.9 Å². The molecule has 0 unspecified atom stereocenters. The van der Waals surface area contributed by atoms with Gasteiger partial charge in [0.05, 0.1) is 0 Å². The molecule has 146 valence electrons. The third-order valence-electron chi connectivity index (χ3n) is 5.31. The molecule has 0 aliphatic rings. The van der Waals surface area contributed by atoms with Gasteiger partial charge in [0.15, 0.2) is 6.39 Å². The minimum atomic E-state index is -0.389. The molecule has 0 bridgehead atoms. The van der Waals surface area contributed by atoms with Gasteiger partial charge in [0, 0.05) is 5.41 Å². The first-order chi connectivity index (χ1) is 13.2. The van der Waals surface area contributed by atoms with Crippen LogP contribution in [0.2, 0.25) is 0 Å². The van der Waals surface area contributed by atoms with E-state index >= 15 is 0 Å². The van der Waals surface area contributed by atoms with Gasteiger partial charge in [-0.05, 0) is 49.1 Å². The summed E-state index contributed by atoms with van der Waals surface area (Å²) in [6, 6.07) is 5.84. The van der Waals surface area contributed by atoms with Crippen LogP contribution in [-0.4, -0.2) is 15.0 Å². The van der Waals surface area contributed by atoms with Crippen LogP contribution in [0.25, 0.3) is 12.2 Å². The van der Waals surface area contributed by atoms with Crippen LogP contribution in [0.5, 0.6) is 0 Å². The van der Waals surface area contributed by atoms with E-state index in [1.165, 1.54) is 6.39 Å². The van der Waals surface area contributed by atoms with E-state index in [1.807, 2.05) is 45.9 Å². The number of H-pyrrole nitrogens is 2. The Morgan fingerprint density at radius 2 is 1.71 bits per heavy atom. The van der Waals surface area contributed by atoms with Crippen molar-refractivity contribution < 1.29 is 4.42 Å². The third kappa shape index (κ3) is 3.76. The van der Waals surface area contributed by atoms with Crippen LogP contribution in [0.15, 0.2) is 38.6 Å². The highest BCUT2D eigenvalue weighted by Gasteiger charge is 2.25. The number of aromatic nitrogens is 3. The Balaban J connectivity index is 2.15. The number of nitrogens with one attached hydrogen (secondary N) is 2. The van der Waals surface area contributed by atoms with Gasteiger partial charge in [-0.15, -0.1) is 0 Å². The summed E-state index contributed by atoms with van der Waals surface area (Å²) in [6.45, 7) is 10.1. The molecular weight excluding hydrogens is 354 g/mol. The van der Waals surface area contributed by atoms with Crippen molar-refractivity contribution in [2.24, 2.45) is 0 Å². The Morgan fingerprint density at radius 3 is 2.36 bits per heavy atom. The second-order valence-corrected chi connectivity index (χ2v) is 7.62. The lowest BCUT2D eigenvalue weighted by atomic mass is 9.86. The number of oxazole rings is 1. The lowest BCUT2D eigenvalue weighted by molar-refractivity contribution is 0.373. The zero-order chi connectivity index (χ0) is 20.5. The van der Waals surface area contributed by atoms with Crippen molar-refractivity contribution >= 4 is 12.2 Å². The summed E-state index contributed by atoms with van der Waals surface area (Å²) >= 11 is 0. The molecule has 28 heavy (non-hydrogen) atoms. The second kappa shape index (κ2) is 7.46. The van der Waals surface area contributed by atoms with E-state index in [0.29, 0.717) is 11.5 Å². The molecule has 0 spiro atoms. The number of hydrogen-bond acceptors (Lipinski definition) is 4. The highest BCUT2D eigenvalue weighted by Crippen LogP contribution is 2.29. The van der Waals surface area contributed by atoms with Gasteiger partial charge in [-0.25, -0.2) is 4.98 Å². The molecule has 6 nitrogen and oxygen atoms in total. The summed E-state index contributed by atoms with van der Waals surface area (Å²) in [5, 5.41) is 0.357. The Labute approximate surface area is 162 Å². The van der Waals surface area contributed by atoms with E-state index in [0.717, 1.165) is 23.1 Å². The van der Waals surface area contributed by atoms with Crippen molar-refractivity contribution in [1.82, 2.24) is 15.0 Å². The summed E-state index contributed by atoms with van der Waals surface area (Å²) in [7, 11) is 0. The van der Waals surface area contributed by atoms with Crippen molar-refractivity contribution in [3.05, 3.63) is 84.1 Å². The Hall–Kier alpha value is -3.15. The molecule has 0 radical (unpaired) electrons. The van der Waals surface area contributed by atoms with Crippen molar-refractivity contribution in [3.63, 3.8) is 0 Å². The molecule has 0 saturated heterocycles. The smallest absolute Gasteiger partial charge is 0.272 e. The van der Waals surface area contributed by atoms with E-state index < -0.39 is 0 Å². The zero-order valence-corrected chi connectivity index (χ0v) is 16.8. The molecule has 2 heterocycles. The molecule has 0 amide bonds. The Kier molecular flexibility index (Phi) is 5.23. The minimum absolute atomic E-state index is 0.144. The van der Waals surface area contributed by atoms with E-state index in [1.54, 1.807) is 12.2 Å². The molecule has 0 fully saturated rings. The number of benzene rings is 1. The summed E-state index contributed by atoms with van der Waals surface area (Å²) in [4.78, 5) is 34.6. The van der Waals surface area contributed by atoms with Gasteiger partial charge in [0.2, 0.25) is 0 Å². The minimum Gasteiger partial charge on any atom is -0.447 e. The molecule has 1 aromatic carbocycles. The van der Waals surface area contributed by atoms with Crippen LogP contribution in [0.4, 0.5) is 0 Å². The van der Waals surface area contributed by atoms with Crippen LogP contribution < -0.4 is 21.8 Å². The predicted molar refractivity (Wildman–Crippen MR) is 110 cm³/mol. The number of rotatable bonds is 4. The first-order valence-corrected chi connectivity index (χ1v) is 9.29. The fraction of sp³-hybridized carbons (Fsp3) is 0.318. The van der Waals surface area contributed by atoms with Crippen LogP contribution in [0.3, 0.4) is 0 Å². The fourth-order valence-corrected chi connectivity index (χ4v) is 2.94. The van der Waals surface area contributed by atoms with Crippen molar-refractivity contribution in [2.75, 3.05) is 0 Å². The first kappa shape index (κ1) is 19.6. The van der Waals surface area contributed by atoms with Crippen LogP contribution in [-0.2, 0) is 5.41 Å². The van der Waals surface area contributed by atoms with E-state index in [4.69, 9.17) is 4.42 Å². The lowest BCUT2D eigenvalue weighted by Gasteiger charge is -2.19. The average Bonchev–Trinajstić information content (AvgIpc) is 3.12. The lowest BCUT2D eigenvalue weighted by Crippen LogP contribution is -2.46. The topological polar surface area (TPSA) is 91.8 Å². The predicted octanol–water partition coefficient (Wildman–Crippen LogP) is 2.01. The molecular formula is C22H25N3O3. The third-order valence-corrected chi connectivity index (χ3v) is 5.31. The normalized spacial score (nSPS) is 13.3. The zero-order valence-electron chi connectivity index (χ0n) is 16.8. The molecule has 0 saturated carbocycles. The van der Waals surface area contributed by atoms with Gasteiger partial charge < -0.3 is 14.4 Å². The van der Waals surface area contributed by atoms with Gasteiger partial charge in [0.1, 0.15) is 22.2 Å². The highest BCUT2D eigenvalue weighted by atomic mass is 16.3. The van der Waals surface area contributed by atoms with Gasteiger partial charge in [-0.1, -0.05) is 39.0 Å². The first-order valence-electron chi connectivity index (χ1n) is 9.29. The van der Waals surface area contributed by atoms with Gasteiger partial charge in [-0.3, -0.25) is 9.59 Å². The molecule has 0 aliphatic carbocycles. The van der Waals surface area contributed by atoms with Crippen LogP contribution >= 0.6 is 0 Å². The van der Waals surface area contributed by atoms with E-state index in [-0.39, 0.29) is 27.2 Å². The Bertz CT molecular complexity index is 1240. The van der Waals surface area contributed by atoms with Gasteiger partial charge in [0.25, 0.3) is 11.1 Å². The summed E-state index contributed by atoms with van der Waals surface area (Å²) in [6.07, 6.45) is 5.44. The summed E-state index contributed by atoms with van der Waals surface area (Å²) < 4.78 is 5.54. The van der Waals surface area contributed by atoms with E-state index in [9.17, 15) is 9.59 Å². The molecule has 2 aromatic heterocycles. The number of aromatic amines is 2. The maximum atomic E-state index is 12.6. The largest absolute Gasteiger partial charge is 0.447 e. The standard InChI is InChI=1S/C22H25N3O3/c1-6-22(4,5)19-16(23-12-28-19)11-18-21(27)24-17(20(26)25-18)10-15-9-7-8-13(2)14(15)3/h7-12H,6H2,1-5H3,(H,24,27)(H,25,26)/b17-10-,18-11-. The molecule has 3 rings (SSSR count). The maximum absolute atomic E-state index is 12.6. The molecule has 6 heteroatoms. The Morgan fingerprint density at radius 1 is 1.07 bits per heavy atom. The number of hydrogen-bond donors (Lipinski definition) is 2. The summed E-state index contributed by atoms with van der Waals surface area (Å²) in [5.41, 5.74) is 2.62. The summed E-state index contributed by atoms with van der Waals surface area (Å²) in [5.74, 6) is 0.682. The van der Waals surface area contributed by atoms with Crippen molar-refractivity contribution in [1.29, 1.82) is 0 Å². The number of aryl methyl sites for hydroxylation is 1. The van der Waals surface area contributed by atoms with Crippen molar-refractivity contribution in [2.45, 2.75) is 46.5 Å². The van der Waals surface area contributed by atoms with Gasteiger partial charge in [-0.2, -0.15) is 0 Å².